The molecule has 0 saturated carbocycles. The number of nitriles is 1. The average molecular weight is 335 g/mol. The van der Waals surface area contributed by atoms with Crippen LogP contribution in [0.5, 0.6) is 11.5 Å². The molecule has 2 rings (SSSR count). The maximum atomic E-state index is 12.0. The molecule has 0 aliphatic heterocycles. The second kappa shape index (κ2) is 8.89. The fourth-order valence-corrected chi connectivity index (χ4v) is 2.01. The summed E-state index contributed by atoms with van der Waals surface area (Å²) in [6.07, 6.45) is 6.79. The Bertz CT molecular complexity index is 837. The Morgan fingerprint density at radius 3 is 2.76 bits per heavy atom. The van der Waals surface area contributed by atoms with Crippen molar-refractivity contribution in [2.24, 2.45) is 0 Å². The first kappa shape index (κ1) is 17.8. The quantitative estimate of drug-likeness (QED) is 0.325. The third-order valence-electron chi connectivity index (χ3n) is 3.31. The number of allylic oxidation sites excluding steroid dienone is 2. The van der Waals surface area contributed by atoms with Gasteiger partial charge in [-0.05, 0) is 35.9 Å². The molecular weight excluding hydrogens is 318 g/mol. The van der Waals surface area contributed by atoms with Crippen molar-refractivity contribution in [3.8, 4) is 17.6 Å². The maximum absolute atomic E-state index is 12.0. The normalized spacial score (nSPS) is 11.2. The van der Waals surface area contributed by atoms with Crippen molar-refractivity contribution in [1.29, 1.82) is 5.26 Å². The molecule has 0 radical (unpaired) electrons. The molecule has 0 saturated heterocycles. The minimum absolute atomic E-state index is 0.0275. The lowest BCUT2D eigenvalue weighted by Crippen LogP contribution is -2.26. The van der Waals surface area contributed by atoms with Gasteiger partial charge in [0.25, 0.3) is 5.91 Å². The van der Waals surface area contributed by atoms with Crippen molar-refractivity contribution in [3.63, 3.8) is 0 Å². The van der Waals surface area contributed by atoms with E-state index in [-0.39, 0.29) is 17.1 Å². The molecule has 0 fully saturated rings. The summed E-state index contributed by atoms with van der Waals surface area (Å²) in [4.78, 5) is 16.1. The number of nitrogens with zero attached hydrogens (tertiary/aromatic N) is 2. The van der Waals surface area contributed by atoms with E-state index in [4.69, 9.17) is 5.26 Å². The lowest BCUT2D eigenvalue weighted by atomic mass is 10.1. The third kappa shape index (κ3) is 5.52. The third-order valence-corrected chi connectivity index (χ3v) is 3.31. The van der Waals surface area contributed by atoms with Crippen molar-refractivity contribution in [3.05, 3.63) is 71.6 Å². The summed E-state index contributed by atoms with van der Waals surface area (Å²) in [6, 6.07) is 11.7. The van der Waals surface area contributed by atoms with Crippen LogP contribution in [0.15, 0.2) is 60.3 Å². The van der Waals surface area contributed by atoms with Crippen LogP contribution in [0.4, 0.5) is 0 Å². The summed E-state index contributed by atoms with van der Waals surface area (Å²) in [5.74, 6) is -0.909. The van der Waals surface area contributed by atoms with E-state index in [0.717, 1.165) is 5.69 Å². The van der Waals surface area contributed by atoms with E-state index in [9.17, 15) is 15.0 Å². The van der Waals surface area contributed by atoms with Gasteiger partial charge in [-0.3, -0.25) is 9.78 Å². The fourth-order valence-electron chi connectivity index (χ4n) is 2.01. The average Bonchev–Trinajstić information content (AvgIpc) is 2.62. The number of nitrogens with one attached hydrogen (secondary N) is 1. The van der Waals surface area contributed by atoms with Gasteiger partial charge in [0.1, 0.15) is 11.6 Å². The maximum Gasteiger partial charge on any atom is 0.261 e. The van der Waals surface area contributed by atoms with E-state index in [1.54, 1.807) is 18.3 Å². The second-order valence-corrected chi connectivity index (χ2v) is 5.13. The predicted octanol–water partition coefficient (Wildman–Crippen LogP) is 2.31. The molecule has 25 heavy (non-hydrogen) atoms. The van der Waals surface area contributed by atoms with Crippen LogP contribution in [0, 0.1) is 11.3 Å². The number of benzene rings is 1. The molecule has 0 aliphatic carbocycles. The SMILES string of the molecule is N#CC(=CC=Cc1ccc(O)c(O)c1)C(=O)NCCc1ccccn1. The van der Waals surface area contributed by atoms with Crippen molar-refractivity contribution in [1.82, 2.24) is 10.3 Å². The first-order valence-corrected chi connectivity index (χ1v) is 7.58. The van der Waals surface area contributed by atoms with E-state index in [2.05, 4.69) is 10.3 Å². The van der Waals surface area contributed by atoms with Gasteiger partial charge in [0.05, 0.1) is 0 Å². The Balaban J connectivity index is 1.92. The molecule has 1 heterocycles. The largest absolute Gasteiger partial charge is 0.504 e. The highest BCUT2D eigenvalue weighted by atomic mass is 16.3. The highest BCUT2D eigenvalue weighted by Crippen LogP contribution is 2.25. The van der Waals surface area contributed by atoms with Crippen LogP contribution in [0.3, 0.4) is 0 Å². The Morgan fingerprint density at radius 1 is 1.24 bits per heavy atom. The van der Waals surface area contributed by atoms with Crippen molar-refractivity contribution >= 4 is 12.0 Å². The Labute approximate surface area is 145 Å². The zero-order chi connectivity index (χ0) is 18.1. The predicted molar refractivity (Wildman–Crippen MR) is 93.5 cm³/mol. The number of hydrogen-bond donors (Lipinski definition) is 3. The molecule has 2 aromatic rings. The van der Waals surface area contributed by atoms with Gasteiger partial charge in [0.2, 0.25) is 0 Å². The number of carbonyl (C=O) groups excluding carboxylic acids is 1. The van der Waals surface area contributed by atoms with Gasteiger partial charge in [-0.1, -0.05) is 24.3 Å². The molecule has 0 unspecified atom stereocenters. The first-order chi connectivity index (χ1) is 12.1. The number of phenols is 2. The highest BCUT2D eigenvalue weighted by Gasteiger charge is 2.07. The molecule has 1 amide bonds. The van der Waals surface area contributed by atoms with Gasteiger partial charge >= 0.3 is 0 Å². The lowest BCUT2D eigenvalue weighted by Gasteiger charge is -2.03. The molecule has 1 aromatic heterocycles. The number of amides is 1. The number of carbonyl (C=O) groups is 1. The summed E-state index contributed by atoms with van der Waals surface area (Å²) in [5, 5.41) is 30.4. The number of hydrogen-bond acceptors (Lipinski definition) is 5. The number of rotatable bonds is 6. The Morgan fingerprint density at radius 2 is 2.08 bits per heavy atom. The smallest absolute Gasteiger partial charge is 0.261 e. The van der Waals surface area contributed by atoms with Crippen LogP contribution in [0.25, 0.3) is 6.08 Å². The Kier molecular flexibility index (Phi) is 6.32. The van der Waals surface area contributed by atoms with Gasteiger partial charge in [0.15, 0.2) is 11.5 Å². The standard InChI is InChI=1S/C19H17N3O3/c20-13-15(5-3-4-14-7-8-17(23)18(24)12-14)19(25)22-11-9-16-6-1-2-10-21-16/h1-8,10,12,23-24H,9,11H2,(H,22,25). The van der Waals surface area contributed by atoms with E-state index >= 15 is 0 Å². The van der Waals surface area contributed by atoms with Crippen LogP contribution in [0.2, 0.25) is 0 Å². The zero-order valence-corrected chi connectivity index (χ0v) is 13.4. The van der Waals surface area contributed by atoms with E-state index in [0.29, 0.717) is 18.5 Å². The first-order valence-electron chi connectivity index (χ1n) is 7.58. The van der Waals surface area contributed by atoms with Gasteiger partial charge in [-0.15, -0.1) is 0 Å². The van der Waals surface area contributed by atoms with Crippen LogP contribution in [0.1, 0.15) is 11.3 Å². The monoisotopic (exact) mass is 335 g/mol. The van der Waals surface area contributed by atoms with Crippen LogP contribution < -0.4 is 5.32 Å². The summed E-state index contributed by atoms with van der Waals surface area (Å²) in [7, 11) is 0. The summed E-state index contributed by atoms with van der Waals surface area (Å²) in [5.41, 5.74) is 1.46. The topological polar surface area (TPSA) is 106 Å². The number of aromatic hydroxyl groups is 2. The highest BCUT2D eigenvalue weighted by molar-refractivity contribution is 5.97. The van der Waals surface area contributed by atoms with Gasteiger partial charge in [-0.25, -0.2) is 0 Å². The number of phenolic OH excluding ortho intramolecular Hbond substituents is 2. The van der Waals surface area contributed by atoms with Crippen molar-refractivity contribution in [2.75, 3.05) is 6.54 Å². The van der Waals surface area contributed by atoms with Gasteiger partial charge in [0, 0.05) is 24.9 Å². The molecule has 0 aliphatic rings. The van der Waals surface area contributed by atoms with Crippen LogP contribution in [-0.2, 0) is 11.2 Å². The molecule has 6 nitrogen and oxygen atoms in total. The molecule has 126 valence electrons. The zero-order valence-electron chi connectivity index (χ0n) is 13.4. The van der Waals surface area contributed by atoms with Gasteiger partial charge < -0.3 is 15.5 Å². The van der Waals surface area contributed by atoms with Crippen molar-refractivity contribution in [2.45, 2.75) is 6.42 Å². The minimum Gasteiger partial charge on any atom is -0.504 e. The van der Waals surface area contributed by atoms with Gasteiger partial charge in [-0.2, -0.15) is 5.26 Å². The molecule has 6 heteroatoms. The Hall–Kier alpha value is -3.59. The van der Waals surface area contributed by atoms with E-state index < -0.39 is 5.91 Å². The molecule has 1 aromatic carbocycles. The summed E-state index contributed by atoms with van der Waals surface area (Å²) in [6.45, 7) is 0.379. The fraction of sp³-hybridized carbons (Fsp3) is 0.105. The molecule has 3 N–H and O–H groups in total. The molecule has 0 atom stereocenters. The summed E-state index contributed by atoms with van der Waals surface area (Å²) < 4.78 is 0. The number of pyridine rings is 1. The lowest BCUT2D eigenvalue weighted by molar-refractivity contribution is -0.117. The van der Waals surface area contributed by atoms with E-state index in [1.165, 1.54) is 24.3 Å². The second-order valence-electron chi connectivity index (χ2n) is 5.13. The molecular formula is C19H17N3O3. The van der Waals surface area contributed by atoms with Crippen LogP contribution >= 0.6 is 0 Å². The minimum atomic E-state index is -0.461. The van der Waals surface area contributed by atoms with E-state index in [1.807, 2.05) is 24.3 Å². The number of aromatic nitrogens is 1. The van der Waals surface area contributed by atoms with Crippen LogP contribution in [-0.4, -0.2) is 27.6 Å². The summed E-state index contributed by atoms with van der Waals surface area (Å²) >= 11 is 0. The molecule has 0 spiro atoms. The molecule has 0 bridgehead atoms. The van der Waals surface area contributed by atoms with Crippen molar-refractivity contribution < 1.29 is 15.0 Å².